The normalized spacial score (nSPS) is 11.5. The Morgan fingerprint density at radius 3 is 2.30 bits per heavy atom. The van der Waals surface area contributed by atoms with E-state index in [1.807, 2.05) is 13.0 Å². The van der Waals surface area contributed by atoms with E-state index in [1.165, 1.54) is 16.3 Å². The molecule has 0 bridgehead atoms. The van der Waals surface area contributed by atoms with Crippen molar-refractivity contribution in [3.8, 4) is 0 Å². The maximum absolute atomic E-state index is 3.47. The van der Waals surface area contributed by atoms with Gasteiger partial charge in [-0.05, 0) is 53.9 Å². The molecule has 1 N–H and O–H groups in total. The SMILES string of the molecule is C/C=C\C=C/Cc1ccc(Nc2ccc3ccccc3c2)cc1. The number of anilines is 2. The second-order valence-corrected chi connectivity index (χ2v) is 5.54. The van der Waals surface area contributed by atoms with Crippen LogP contribution in [-0.2, 0) is 6.42 Å². The number of benzene rings is 3. The van der Waals surface area contributed by atoms with Crippen molar-refractivity contribution in [2.75, 3.05) is 5.32 Å². The molecular formula is C22H21N. The van der Waals surface area contributed by atoms with Crippen LogP contribution in [0.25, 0.3) is 10.8 Å². The van der Waals surface area contributed by atoms with Crippen molar-refractivity contribution in [1.82, 2.24) is 0 Å². The van der Waals surface area contributed by atoms with Crippen molar-refractivity contribution in [2.24, 2.45) is 0 Å². The first kappa shape index (κ1) is 15.1. The van der Waals surface area contributed by atoms with Crippen LogP contribution in [0.1, 0.15) is 12.5 Å². The Labute approximate surface area is 138 Å². The van der Waals surface area contributed by atoms with Gasteiger partial charge in [-0.25, -0.2) is 0 Å². The summed E-state index contributed by atoms with van der Waals surface area (Å²) < 4.78 is 0. The van der Waals surface area contributed by atoms with Gasteiger partial charge in [0.15, 0.2) is 0 Å². The molecule has 0 aromatic heterocycles. The lowest BCUT2D eigenvalue weighted by Crippen LogP contribution is -1.90. The van der Waals surface area contributed by atoms with Crippen molar-refractivity contribution in [3.63, 3.8) is 0 Å². The van der Waals surface area contributed by atoms with Crippen LogP contribution < -0.4 is 5.32 Å². The monoisotopic (exact) mass is 299 g/mol. The van der Waals surface area contributed by atoms with Crippen LogP contribution >= 0.6 is 0 Å². The molecular weight excluding hydrogens is 278 g/mol. The smallest absolute Gasteiger partial charge is 0.0390 e. The number of hydrogen-bond acceptors (Lipinski definition) is 1. The van der Waals surface area contributed by atoms with Gasteiger partial charge in [0.2, 0.25) is 0 Å². The summed E-state index contributed by atoms with van der Waals surface area (Å²) in [7, 11) is 0. The molecule has 0 spiro atoms. The average molecular weight is 299 g/mol. The van der Waals surface area contributed by atoms with Crippen molar-refractivity contribution in [3.05, 3.63) is 96.6 Å². The highest BCUT2D eigenvalue weighted by molar-refractivity contribution is 5.86. The van der Waals surface area contributed by atoms with E-state index in [9.17, 15) is 0 Å². The predicted octanol–water partition coefficient (Wildman–Crippen LogP) is 6.26. The van der Waals surface area contributed by atoms with Crippen molar-refractivity contribution < 1.29 is 0 Å². The highest BCUT2D eigenvalue weighted by atomic mass is 14.9. The standard InChI is InChI=1S/C22H21N/c1-2-3-4-5-8-18-11-14-21(15-12-18)23-22-16-13-19-9-6-7-10-20(19)17-22/h2-7,9-17,23H,8H2,1H3/b3-2-,5-4-. The quantitative estimate of drug-likeness (QED) is 0.548. The largest absolute Gasteiger partial charge is 0.356 e. The predicted molar refractivity (Wildman–Crippen MR) is 101 cm³/mol. The minimum Gasteiger partial charge on any atom is -0.356 e. The first-order valence-corrected chi connectivity index (χ1v) is 7.98. The van der Waals surface area contributed by atoms with Gasteiger partial charge in [-0.3, -0.25) is 0 Å². The molecule has 0 fully saturated rings. The van der Waals surface area contributed by atoms with E-state index in [1.54, 1.807) is 0 Å². The Morgan fingerprint density at radius 1 is 0.783 bits per heavy atom. The molecule has 0 atom stereocenters. The number of hydrogen-bond donors (Lipinski definition) is 1. The summed E-state index contributed by atoms with van der Waals surface area (Å²) >= 11 is 0. The number of allylic oxidation sites excluding steroid dienone is 4. The molecule has 0 radical (unpaired) electrons. The summed E-state index contributed by atoms with van der Waals surface area (Å²) in [6, 6.07) is 23.5. The number of rotatable bonds is 5. The molecule has 1 nitrogen and oxygen atoms in total. The number of fused-ring (bicyclic) bond motifs is 1. The van der Waals surface area contributed by atoms with Crippen LogP contribution in [0, 0.1) is 0 Å². The highest BCUT2D eigenvalue weighted by Gasteiger charge is 1.98. The number of nitrogens with one attached hydrogen (secondary N) is 1. The van der Waals surface area contributed by atoms with Gasteiger partial charge >= 0.3 is 0 Å². The zero-order valence-corrected chi connectivity index (χ0v) is 13.4. The Balaban J connectivity index is 1.69. The third-order valence-electron chi connectivity index (χ3n) is 3.79. The molecule has 114 valence electrons. The minimum absolute atomic E-state index is 0.959. The third-order valence-corrected chi connectivity index (χ3v) is 3.79. The Hall–Kier alpha value is -2.80. The lowest BCUT2D eigenvalue weighted by molar-refractivity contribution is 1.27. The Bertz CT molecular complexity index is 826. The highest BCUT2D eigenvalue weighted by Crippen LogP contribution is 2.22. The summed E-state index contributed by atoms with van der Waals surface area (Å²) in [5, 5.41) is 5.99. The molecule has 1 heteroatoms. The first-order valence-electron chi connectivity index (χ1n) is 7.98. The molecule has 0 aliphatic rings. The van der Waals surface area contributed by atoms with E-state index >= 15 is 0 Å². The van der Waals surface area contributed by atoms with E-state index in [-0.39, 0.29) is 0 Å². The van der Waals surface area contributed by atoms with E-state index < -0.39 is 0 Å². The topological polar surface area (TPSA) is 12.0 Å². The van der Waals surface area contributed by atoms with E-state index in [4.69, 9.17) is 0 Å². The molecule has 3 aromatic carbocycles. The van der Waals surface area contributed by atoms with Crippen LogP contribution in [0.15, 0.2) is 91.0 Å². The fourth-order valence-corrected chi connectivity index (χ4v) is 2.55. The van der Waals surface area contributed by atoms with Gasteiger partial charge in [-0.15, -0.1) is 0 Å². The second-order valence-electron chi connectivity index (χ2n) is 5.54. The van der Waals surface area contributed by atoms with Crippen LogP contribution in [0.4, 0.5) is 11.4 Å². The zero-order valence-electron chi connectivity index (χ0n) is 13.4. The van der Waals surface area contributed by atoms with E-state index in [0.717, 1.165) is 17.8 Å². The molecule has 0 amide bonds. The average Bonchev–Trinajstić information content (AvgIpc) is 2.60. The summed E-state index contributed by atoms with van der Waals surface area (Å²) in [6.45, 7) is 2.03. The molecule has 0 heterocycles. The van der Waals surface area contributed by atoms with Crippen LogP contribution in [-0.4, -0.2) is 0 Å². The van der Waals surface area contributed by atoms with Crippen LogP contribution in [0.3, 0.4) is 0 Å². The Kier molecular flexibility index (Phi) is 4.90. The van der Waals surface area contributed by atoms with Gasteiger partial charge in [0.25, 0.3) is 0 Å². The second kappa shape index (κ2) is 7.46. The molecule has 0 aliphatic heterocycles. The molecule has 0 unspecified atom stereocenters. The molecule has 0 saturated heterocycles. The fraction of sp³-hybridized carbons (Fsp3) is 0.0909. The minimum atomic E-state index is 0.959. The maximum atomic E-state index is 3.47. The zero-order chi connectivity index (χ0) is 15.9. The van der Waals surface area contributed by atoms with Gasteiger partial charge in [0.1, 0.15) is 0 Å². The van der Waals surface area contributed by atoms with Crippen molar-refractivity contribution >= 4 is 22.1 Å². The molecule has 3 rings (SSSR count). The lowest BCUT2D eigenvalue weighted by atomic mass is 10.1. The summed E-state index contributed by atoms with van der Waals surface area (Å²) in [4.78, 5) is 0. The van der Waals surface area contributed by atoms with E-state index in [2.05, 4.69) is 90.3 Å². The first-order chi connectivity index (χ1) is 11.3. The summed E-state index contributed by atoms with van der Waals surface area (Å²) in [5.74, 6) is 0. The van der Waals surface area contributed by atoms with Gasteiger partial charge < -0.3 is 5.32 Å². The van der Waals surface area contributed by atoms with Crippen LogP contribution in [0.5, 0.6) is 0 Å². The van der Waals surface area contributed by atoms with Gasteiger partial charge in [-0.2, -0.15) is 0 Å². The van der Waals surface area contributed by atoms with Gasteiger partial charge in [-0.1, -0.05) is 66.8 Å². The fourth-order valence-electron chi connectivity index (χ4n) is 2.55. The lowest BCUT2D eigenvalue weighted by Gasteiger charge is -2.08. The summed E-state index contributed by atoms with van der Waals surface area (Å²) in [6.07, 6.45) is 9.30. The van der Waals surface area contributed by atoms with Gasteiger partial charge in [0, 0.05) is 11.4 Å². The molecule has 23 heavy (non-hydrogen) atoms. The van der Waals surface area contributed by atoms with Gasteiger partial charge in [0.05, 0.1) is 0 Å². The maximum Gasteiger partial charge on any atom is 0.0390 e. The third kappa shape index (κ3) is 4.10. The van der Waals surface area contributed by atoms with Crippen molar-refractivity contribution in [2.45, 2.75) is 13.3 Å². The van der Waals surface area contributed by atoms with Crippen LogP contribution in [0.2, 0.25) is 0 Å². The summed E-state index contributed by atoms with van der Waals surface area (Å²) in [5.41, 5.74) is 3.54. The molecule has 3 aromatic rings. The Morgan fingerprint density at radius 2 is 1.52 bits per heavy atom. The molecule has 0 saturated carbocycles. The van der Waals surface area contributed by atoms with E-state index in [0.29, 0.717) is 0 Å². The molecule has 0 aliphatic carbocycles. The van der Waals surface area contributed by atoms with Crippen molar-refractivity contribution in [1.29, 1.82) is 0 Å².